The molecule has 26 heavy (non-hydrogen) atoms. The summed E-state index contributed by atoms with van der Waals surface area (Å²) in [5.41, 5.74) is 1.52. The Labute approximate surface area is 157 Å². The SMILES string of the molecule is CNC(=O)[C@@]1(C)CCCN(CC2(O)CCN(c3cccc(C)c3)CC2)C1. The first kappa shape index (κ1) is 19.2. The Kier molecular flexibility index (Phi) is 5.58. The maximum absolute atomic E-state index is 12.2. The number of amides is 1. The van der Waals surface area contributed by atoms with Crippen LogP contribution in [0.4, 0.5) is 5.69 Å². The average molecular weight is 360 g/mol. The molecule has 0 saturated carbocycles. The Morgan fingerprint density at radius 1 is 1.23 bits per heavy atom. The van der Waals surface area contributed by atoms with Crippen LogP contribution in [0.25, 0.3) is 0 Å². The Morgan fingerprint density at radius 2 is 1.96 bits per heavy atom. The molecule has 0 bridgehead atoms. The molecule has 2 saturated heterocycles. The number of likely N-dealkylation sites (tertiary alicyclic amines) is 1. The second-order valence-electron chi connectivity index (χ2n) is 8.50. The lowest BCUT2D eigenvalue weighted by molar-refractivity contribution is -0.134. The van der Waals surface area contributed by atoms with Gasteiger partial charge in [0, 0.05) is 38.9 Å². The number of carbonyl (C=O) groups is 1. The van der Waals surface area contributed by atoms with Crippen molar-refractivity contribution in [3.8, 4) is 0 Å². The summed E-state index contributed by atoms with van der Waals surface area (Å²) in [6.45, 7) is 8.28. The van der Waals surface area contributed by atoms with Crippen molar-refractivity contribution in [2.45, 2.75) is 45.1 Å². The van der Waals surface area contributed by atoms with Gasteiger partial charge in [-0.1, -0.05) is 12.1 Å². The minimum absolute atomic E-state index is 0.114. The van der Waals surface area contributed by atoms with Gasteiger partial charge in [0.15, 0.2) is 0 Å². The molecule has 1 aromatic rings. The van der Waals surface area contributed by atoms with E-state index in [1.165, 1.54) is 11.3 Å². The zero-order valence-corrected chi connectivity index (χ0v) is 16.4. The average Bonchev–Trinajstić information content (AvgIpc) is 2.61. The number of piperidine rings is 2. The molecule has 1 aromatic carbocycles. The smallest absolute Gasteiger partial charge is 0.226 e. The number of nitrogens with zero attached hydrogens (tertiary/aromatic N) is 2. The van der Waals surface area contributed by atoms with Gasteiger partial charge < -0.3 is 15.3 Å². The summed E-state index contributed by atoms with van der Waals surface area (Å²) in [7, 11) is 1.71. The maximum Gasteiger partial charge on any atom is 0.226 e. The van der Waals surface area contributed by atoms with E-state index in [1.54, 1.807) is 7.05 Å². The Balaban J connectivity index is 1.58. The molecular formula is C21H33N3O2. The van der Waals surface area contributed by atoms with Crippen molar-refractivity contribution < 1.29 is 9.90 Å². The molecule has 2 aliphatic heterocycles. The number of aliphatic hydroxyl groups is 1. The maximum atomic E-state index is 12.2. The van der Waals surface area contributed by atoms with Gasteiger partial charge in [-0.25, -0.2) is 0 Å². The molecule has 0 radical (unpaired) electrons. The largest absolute Gasteiger partial charge is 0.388 e. The van der Waals surface area contributed by atoms with Gasteiger partial charge in [0.1, 0.15) is 0 Å². The summed E-state index contributed by atoms with van der Waals surface area (Å²) < 4.78 is 0. The molecule has 0 aliphatic carbocycles. The van der Waals surface area contributed by atoms with Crippen molar-refractivity contribution in [2.75, 3.05) is 44.7 Å². The fraction of sp³-hybridized carbons (Fsp3) is 0.667. The third-order valence-corrected chi connectivity index (χ3v) is 6.13. The molecule has 5 nitrogen and oxygen atoms in total. The molecule has 2 N–H and O–H groups in total. The highest BCUT2D eigenvalue weighted by atomic mass is 16.3. The second kappa shape index (κ2) is 7.57. The molecule has 0 unspecified atom stereocenters. The first-order chi connectivity index (χ1) is 12.3. The van der Waals surface area contributed by atoms with Gasteiger partial charge in [0.2, 0.25) is 5.91 Å². The van der Waals surface area contributed by atoms with Crippen LogP contribution in [0.15, 0.2) is 24.3 Å². The Morgan fingerprint density at radius 3 is 2.62 bits per heavy atom. The monoisotopic (exact) mass is 359 g/mol. The Bertz CT molecular complexity index is 640. The van der Waals surface area contributed by atoms with Gasteiger partial charge in [-0.05, 0) is 63.8 Å². The second-order valence-corrected chi connectivity index (χ2v) is 8.50. The van der Waals surface area contributed by atoms with Crippen LogP contribution in [0.2, 0.25) is 0 Å². The number of carbonyl (C=O) groups excluding carboxylic acids is 1. The van der Waals surface area contributed by atoms with Gasteiger partial charge in [-0.15, -0.1) is 0 Å². The van der Waals surface area contributed by atoms with Crippen molar-refractivity contribution in [3.63, 3.8) is 0 Å². The van der Waals surface area contributed by atoms with E-state index in [0.29, 0.717) is 6.54 Å². The lowest BCUT2D eigenvalue weighted by Crippen LogP contribution is -2.56. The van der Waals surface area contributed by atoms with Crippen molar-refractivity contribution in [1.82, 2.24) is 10.2 Å². The summed E-state index contributed by atoms with van der Waals surface area (Å²) in [6, 6.07) is 8.57. The van der Waals surface area contributed by atoms with Crippen LogP contribution in [0.3, 0.4) is 0 Å². The fourth-order valence-electron chi connectivity index (χ4n) is 4.55. The predicted octanol–water partition coefficient (Wildman–Crippen LogP) is 2.17. The third-order valence-electron chi connectivity index (χ3n) is 6.13. The number of rotatable bonds is 4. The molecule has 0 spiro atoms. The van der Waals surface area contributed by atoms with Crippen LogP contribution in [0.1, 0.15) is 38.2 Å². The van der Waals surface area contributed by atoms with Crippen LogP contribution >= 0.6 is 0 Å². The molecular weight excluding hydrogens is 326 g/mol. The third kappa shape index (κ3) is 4.21. The summed E-state index contributed by atoms with van der Waals surface area (Å²) in [5.74, 6) is 0.114. The van der Waals surface area contributed by atoms with E-state index in [4.69, 9.17) is 0 Å². The molecule has 2 aliphatic rings. The molecule has 3 rings (SSSR count). The van der Waals surface area contributed by atoms with Crippen molar-refractivity contribution in [1.29, 1.82) is 0 Å². The highest BCUT2D eigenvalue weighted by Gasteiger charge is 2.41. The topological polar surface area (TPSA) is 55.8 Å². The van der Waals surface area contributed by atoms with E-state index < -0.39 is 5.60 Å². The van der Waals surface area contributed by atoms with Crippen molar-refractivity contribution in [2.24, 2.45) is 5.41 Å². The molecule has 5 heteroatoms. The van der Waals surface area contributed by atoms with Crippen LogP contribution in [0, 0.1) is 12.3 Å². The van der Waals surface area contributed by atoms with Crippen LogP contribution in [-0.2, 0) is 4.79 Å². The number of anilines is 1. The highest BCUT2D eigenvalue weighted by molar-refractivity contribution is 5.82. The minimum atomic E-state index is -0.652. The van der Waals surface area contributed by atoms with Gasteiger partial charge in [-0.2, -0.15) is 0 Å². The predicted molar refractivity (Wildman–Crippen MR) is 105 cm³/mol. The first-order valence-electron chi connectivity index (χ1n) is 9.82. The number of benzene rings is 1. The number of hydrogen-bond acceptors (Lipinski definition) is 4. The number of aryl methyl sites for hydroxylation is 1. The minimum Gasteiger partial charge on any atom is -0.388 e. The summed E-state index contributed by atoms with van der Waals surface area (Å²) in [4.78, 5) is 16.9. The number of hydrogen-bond donors (Lipinski definition) is 2. The first-order valence-corrected chi connectivity index (χ1v) is 9.82. The summed E-state index contributed by atoms with van der Waals surface area (Å²) in [5, 5.41) is 13.9. The molecule has 1 atom stereocenters. The van der Waals surface area contributed by atoms with E-state index in [0.717, 1.165) is 51.9 Å². The standard InChI is InChI=1S/C21H33N3O2/c1-17-6-4-7-18(14-17)24-12-9-21(26,10-13-24)16-23-11-5-8-20(2,15-23)19(25)22-3/h4,6-7,14,26H,5,8-13,15-16H2,1-3H3,(H,22,25)/t20-/m0/s1. The van der Waals surface area contributed by atoms with Crippen molar-refractivity contribution in [3.05, 3.63) is 29.8 Å². The lowest BCUT2D eigenvalue weighted by Gasteiger charge is -2.45. The summed E-state index contributed by atoms with van der Waals surface area (Å²) in [6.07, 6.45) is 3.47. The molecule has 2 fully saturated rings. The number of β-amino-alcohol motifs (C(OH)–C–C–N with tert-alkyl or cyclic N) is 1. The van der Waals surface area contributed by atoms with Crippen LogP contribution in [0.5, 0.6) is 0 Å². The Hall–Kier alpha value is -1.59. The quantitative estimate of drug-likeness (QED) is 0.865. The normalized spacial score (nSPS) is 26.5. The van der Waals surface area contributed by atoms with E-state index in [1.807, 2.05) is 6.92 Å². The van der Waals surface area contributed by atoms with E-state index in [2.05, 4.69) is 46.3 Å². The van der Waals surface area contributed by atoms with Crippen molar-refractivity contribution >= 4 is 11.6 Å². The van der Waals surface area contributed by atoms with Gasteiger partial charge >= 0.3 is 0 Å². The van der Waals surface area contributed by atoms with E-state index >= 15 is 0 Å². The van der Waals surface area contributed by atoms with Crippen LogP contribution < -0.4 is 10.2 Å². The fourth-order valence-corrected chi connectivity index (χ4v) is 4.55. The zero-order valence-electron chi connectivity index (χ0n) is 16.4. The van der Waals surface area contributed by atoms with E-state index in [-0.39, 0.29) is 11.3 Å². The van der Waals surface area contributed by atoms with Gasteiger partial charge in [-0.3, -0.25) is 9.69 Å². The van der Waals surface area contributed by atoms with Crippen LogP contribution in [-0.4, -0.2) is 61.3 Å². The molecule has 144 valence electrons. The highest BCUT2D eigenvalue weighted by Crippen LogP contribution is 2.33. The zero-order chi connectivity index (χ0) is 18.8. The number of nitrogens with one attached hydrogen (secondary N) is 1. The van der Waals surface area contributed by atoms with Gasteiger partial charge in [0.25, 0.3) is 0 Å². The van der Waals surface area contributed by atoms with Gasteiger partial charge in [0.05, 0.1) is 11.0 Å². The summed E-state index contributed by atoms with van der Waals surface area (Å²) >= 11 is 0. The molecule has 0 aromatic heterocycles. The molecule has 2 heterocycles. The lowest BCUT2D eigenvalue weighted by atomic mass is 9.80. The molecule has 1 amide bonds. The van der Waals surface area contributed by atoms with E-state index in [9.17, 15) is 9.90 Å².